The smallest absolute Gasteiger partial charge is 0.255 e. The molecule has 7 heteroatoms. The molecule has 1 spiro atoms. The van der Waals surface area contributed by atoms with Crippen LogP contribution in [-0.2, 0) is 23.2 Å². The van der Waals surface area contributed by atoms with Crippen molar-refractivity contribution >= 4 is 49.3 Å². The molecule has 3 atom stereocenters. The minimum atomic E-state index is -0.872. The first-order valence-electron chi connectivity index (χ1n) is 13.7. The van der Waals surface area contributed by atoms with E-state index < -0.39 is 5.54 Å². The molecule has 2 aromatic heterocycles. The maximum absolute atomic E-state index is 13.2. The van der Waals surface area contributed by atoms with Gasteiger partial charge in [0.15, 0.2) is 5.54 Å². The predicted octanol–water partition coefficient (Wildman–Crippen LogP) is 6.50. The van der Waals surface area contributed by atoms with Gasteiger partial charge in [-0.1, -0.05) is 52.3 Å². The van der Waals surface area contributed by atoms with E-state index in [2.05, 4.69) is 93.0 Å². The number of rotatable bonds is 3. The van der Waals surface area contributed by atoms with Crippen molar-refractivity contribution in [3.63, 3.8) is 0 Å². The van der Waals surface area contributed by atoms with Gasteiger partial charge < -0.3 is 21.0 Å². The number of halogens is 1. The molecule has 7 rings (SSSR count). The molecular formula is C32H34BrN5O. The number of carbonyl (C=O) groups excluding carboxylic acids is 1. The van der Waals surface area contributed by atoms with E-state index in [0.29, 0.717) is 0 Å². The fourth-order valence-electron chi connectivity index (χ4n) is 6.04. The number of para-hydroxylation sites is 2. The third-order valence-electron chi connectivity index (χ3n) is 8.00. The van der Waals surface area contributed by atoms with Crippen LogP contribution in [0.1, 0.15) is 49.1 Å². The highest BCUT2D eigenvalue weighted by molar-refractivity contribution is 9.10. The number of aromatic nitrogens is 2. The summed E-state index contributed by atoms with van der Waals surface area (Å²) in [6.07, 6.45) is 6.13. The highest BCUT2D eigenvalue weighted by Crippen LogP contribution is 2.46. The standard InChI is InChI=1S/C20H18BrN3O.C12H16N2/c1-11-6-8-14-13-4-2-3-5-16(13)22-18(14)20(24-11)15-10-12(21)7-9-17(15)23-19(20)25;1-9(13)6-7-10-8-14-12-5-3-2-4-11(10)12/h2-5,7,9-11,22,24H,6,8H2,1H3,(H,23,25);2-5,8-9,14H,6-7,13H2,1H3. The maximum atomic E-state index is 13.2. The Kier molecular flexibility index (Phi) is 6.83. The van der Waals surface area contributed by atoms with Crippen molar-refractivity contribution in [1.29, 1.82) is 0 Å². The van der Waals surface area contributed by atoms with Crippen LogP contribution in [-0.4, -0.2) is 28.0 Å². The molecule has 0 bridgehead atoms. The molecule has 2 aliphatic rings. The summed E-state index contributed by atoms with van der Waals surface area (Å²) >= 11 is 3.57. The number of hydrogen-bond donors (Lipinski definition) is 5. The van der Waals surface area contributed by atoms with Crippen molar-refractivity contribution in [2.24, 2.45) is 5.73 Å². The zero-order valence-corrected chi connectivity index (χ0v) is 23.9. The van der Waals surface area contributed by atoms with Crippen LogP contribution in [0.15, 0.2) is 77.4 Å². The van der Waals surface area contributed by atoms with E-state index >= 15 is 0 Å². The molecule has 39 heavy (non-hydrogen) atoms. The summed E-state index contributed by atoms with van der Waals surface area (Å²) < 4.78 is 0.971. The van der Waals surface area contributed by atoms with Gasteiger partial charge in [-0.05, 0) is 81.0 Å². The first-order valence-corrected chi connectivity index (χ1v) is 14.5. The fourth-order valence-corrected chi connectivity index (χ4v) is 6.40. The van der Waals surface area contributed by atoms with Crippen LogP contribution in [0, 0.1) is 0 Å². The second-order valence-electron chi connectivity index (χ2n) is 10.9. The van der Waals surface area contributed by atoms with Gasteiger partial charge in [0, 0.05) is 55.8 Å². The average molecular weight is 585 g/mol. The van der Waals surface area contributed by atoms with Gasteiger partial charge in [-0.25, -0.2) is 0 Å². The maximum Gasteiger partial charge on any atom is 0.255 e. The molecule has 0 fully saturated rings. The lowest BCUT2D eigenvalue weighted by Gasteiger charge is -2.30. The first kappa shape index (κ1) is 25.9. The molecule has 1 amide bonds. The summed E-state index contributed by atoms with van der Waals surface area (Å²) in [6.45, 7) is 4.20. The Morgan fingerprint density at radius 2 is 1.79 bits per heavy atom. The monoisotopic (exact) mass is 583 g/mol. The van der Waals surface area contributed by atoms with Crippen molar-refractivity contribution in [3.05, 3.63) is 99.8 Å². The van der Waals surface area contributed by atoms with Crippen molar-refractivity contribution in [1.82, 2.24) is 15.3 Å². The number of amides is 1. The van der Waals surface area contributed by atoms with E-state index in [1.54, 1.807) is 0 Å². The Hall–Kier alpha value is -3.39. The summed E-state index contributed by atoms with van der Waals surface area (Å²) in [4.78, 5) is 20.1. The number of nitrogens with one attached hydrogen (secondary N) is 4. The molecule has 4 heterocycles. The van der Waals surface area contributed by atoms with Gasteiger partial charge >= 0.3 is 0 Å². The second kappa shape index (κ2) is 10.3. The van der Waals surface area contributed by atoms with E-state index in [1.807, 2.05) is 30.3 Å². The van der Waals surface area contributed by atoms with Crippen LogP contribution in [0.5, 0.6) is 0 Å². The summed E-state index contributed by atoms with van der Waals surface area (Å²) in [6, 6.07) is 23.2. The molecule has 2 aliphatic heterocycles. The minimum Gasteiger partial charge on any atom is -0.361 e. The number of carbonyl (C=O) groups is 1. The zero-order chi connectivity index (χ0) is 27.1. The van der Waals surface area contributed by atoms with E-state index in [4.69, 9.17) is 5.73 Å². The number of nitrogens with two attached hydrogens (primary N) is 1. The molecule has 200 valence electrons. The molecule has 0 aliphatic carbocycles. The highest BCUT2D eigenvalue weighted by Gasteiger charge is 2.52. The van der Waals surface area contributed by atoms with Gasteiger partial charge in [-0.15, -0.1) is 0 Å². The predicted molar refractivity (Wildman–Crippen MR) is 163 cm³/mol. The summed E-state index contributed by atoms with van der Waals surface area (Å²) in [5.41, 5.74) is 12.6. The minimum absolute atomic E-state index is 0.0119. The van der Waals surface area contributed by atoms with Gasteiger partial charge in [0.25, 0.3) is 5.91 Å². The highest BCUT2D eigenvalue weighted by atomic mass is 79.9. The number of fused-ring (bicyclic) bond motifs is 7. The second-order valence-corrected chi connectivity index (χ2v) is 11.8. The van der Waals surface area contributed by atoms with Crippen molar-refractivity contribution in [2.75, 3.05) is 5.32 Å². The van der Waals surface area contributed by atoms with Crippen molar-refractivity contribution < 1.29 is 4.79 Å². The molecule has 6 N–H and O–H groups in total. The van der Waals surface area contributed by atoms with E-state index in [0.717, 1.165) is 52.6 Å². The van der Waals surface area contributed by atoms with Crippen LogP contribution >= 0.6 is 15.9 Å². The molecule has 6 nitrogen and oxygen atoms in total. The van der Waals surface area contributed by atoms with E-state index in [9.17, 15) is 4.79 Å². The first-order chi connectivity index (χ1) is 18.9. The van der Waals surface area contributed by atoms with Gasteiger partial charge in [0.05, 0.1) is 5.69 Å². The number of H-pyrrole nitrogens is 2. The van der Waals surface area contributed by atoms with Crippen molar-refractivity contribution in [3.8, 4) is 0 Å². The Morgan fingerprint density at radius 1 is 1.05 bits per heavy atom. The number of hydrogen-bond acceptors (Lipinski definition) is 3. The summed E-state index contributed by atoms with van der Waals surface area (Å²) in [5, 5.41) is 9.26. The van der Waals surface area contributed by atoms with Crippen LogP contribution in [0.25, 0.3) is 21.8 Å². The van der Waals surface area contributed by atoms with Crippen LogP contribution < -0.4 is 16.4 Å². The van der Waals surface area contributed by atoms with Crippen LogP contribution in [0.2, 0.25) is 0 Å². The molecule has 0 saturated heterocycles. The van der Waals surface area contributed by atoms with Crippen LogP contribution in [0.3, 0.4) is 0 Å². The Bertz CT molecular complexity index is 1670. The molecule has 5 aromatic rings. The Morgan fingerprint density at radius 3 is 2.59 bits per heavy atom. The quantitative estimate of drug-likeness (QED) is 0.168. The normalized spacial score (nSPS) is 20.7. The van der Waals surface area contributed by atoms with Gasteiger partial charge in [-0.3, -0.25) is 10.1 Å². The zero-order valence-electron chi connectivity index (χ0n) is 22.3. The number of benzene rings is 3. The summed E-state index contributed by atoms with van der Waals surface area (Å²) in [7, 11) is 0. The number of anilines is 1. The lowest BCUT2D eigenvalue weighted by Crippen LogP contribution is -2.52. The summed E-state index contributed by atoms with van der Waals surface area (Å²) in [5.74, 6) is -0.0119. The molecule has 0 radical (unpaired) electrons. The Balaban J connectivity index is 0.000000168. The van der Waals surface area contributed by atoms with E-state index in [1.165, 1.54) is 27.4 Å². The van der Waals surface area contributed by atoms with Gasteiger partial charge in [0.1, 0.15) is 0 Å². The average Bonchev–Trinajstić information content (AvgIpc) is 3.56. The largest absolute Gasteiger partial charge is 0.361 e. The van der Waals surface area contributed by atoms with Gasteiger partial charge in [-0.2, -0.15) is 0 Å². The molecule has 3 aromatic carbocycles. The van der Waals surface area contributed by atoms with Gasteiger partial charge in [0.2, 0.25) is 0 Å². The number of aryl methyl sites for hydroxylation is 2. The molecular weight excluding hydrogens is 550 g/mol. The van der Waals surface area contributed by atoms with Crippen molar-refractivity contribution in [2.45, 2.75) is 57.2 Å². The molecule has 3 unspecified atom stereocenters. The number of aromatic amines is 2. The lowest BCUT2D eigenvalue weighted by molar-refractivity contribution is -0.120. The SMILES string of the molecule is CC(N)CCc1c[nH]c2ccccc12.CC1CCc2c([nH]c3ccccc23)C2(N1)C(=O)Nc1ccc(Br)cc12. The molecule has 0 saturated carbocycles. The third kappa shape index (κ3) is 4.58. The van der Waals surface area contributed by atoms with E-state index in [-0.39, 0.29) is 18.0 Å². The topological polar surface area (TPSA) is 98.7 Å². The third-order valence-corrected chi connectivity index (χ3v) is 8.49. The lowest BCUT2D eigenvalue weighted by atomic mass is 9.85. The fraction of sp³-hybridized carbons (Fsp3) is 0.281. The van der Waals surface area contributed by atoms with Crippen LogP contribution in [0.4, 0.5) is 5.69 Å². The Labute approximate surface area is 236 Å².